The van der Waals surface area contributed by atoms with Gasteiger partial charge in [-0.15, -0.1) is 0 Å². The van der Waals surface area contributed by atoms with E-state index in [0.29, 0.717) is 0 Å². The second kappa shape index (κ2) is 5.23. The molecule has 0 aliphatic rings. The first-order valence-corrected chi connectivity index (χ1v) is 5.95. The van der Waals surface area contributed by atoms with Crippen molar-refractivity contribution < 1.29 is 4.74 Å². The molecule has 0 bridgehead atoms. The molecule has 1 aromatic heterocycles. The predicted molar refractivity (Wildman–Crippen MR) is 73.4 cm³/mol. The van der Waals surface area contributed by atoms with Gasteiger partial charge in [-0.25, -0.2) is 0 Å². The molecule has 0 aliphatic carbocycles. The molecular weight excluding hydrogens is 228 g/mol. The van der Waals surface area contributed by atoms with Gasteiger partial charge in [-0.1, -0.05) is 0 Å². The van der Waals surface area contributed by atoms with E-state index in [0.717, 1.165) is 35.2 Å². The minimum Gasteiger partial charge on any atom is -0.497 e. The fourth-order valence-electron chi connectivity index (χ4n) is 1.89. The third-order valence-electron chi connectivity index (χ3n) is 2.96. The van der Waals surface area contributed by atoms with Gasteiger partial charge in [0.15, 0.2) is 0 Å². The summed E-state index contributed by atoms with van der Waals surface area (Å²) in [5.41, 5.74) is 1.65. The van der Waals surface area contributed by atoms with Gasteiger partial charge in [0.25, 0.3) is 5.56 Å². The predicted octanol–water partition coefficient (Wildman–Crippen LogP) is 1.64. The SMILES string of the molecule is COc1ccc2[nH]c(=O)c(CCN(C)C)cc2c1. The highest BCUT2D eigenvalue weighted by Gasteiger charge is 2.04. The van der Waals surface area contributed by atoms with Crippen LogP contribution >= 0.6 is 0 Å². The Morgan fingerprint density at radius 1 is 1.28 bits per heavy atom. The number of hydrogen-bond donors (Lipinski definition) is 1. The van der Waals surface area contributed by atoms with E-state index >= 15 is 0 Å². The molecule has 2 rings (SSSR count). The highest BCUT2D eigenvalue weighted by molar-refractivity contribution is 5.80. The maximum Gasteiger partial charge on any atom is 0.251 e. The Morgan fingerprint density at radius 2 is 2.06 bits per heavy atom. The summed E-state index contributed by atoms with van der Waals surface area (Å²) in [5, 5.41) is 1.00. The van der Waals surface area contributed by atoms with Gasteiger partial charge in [0.2, 0.25) is 0 Å². The summed E-state index contributed by atoms with van der Waals surface area (Å²) in [6, 6.07) is 7.59. The van der Waals surface area contributed by atoms with Crippen LogP contribution in [0.25, 0.3) is 10.9 Å². The van der Waals surface area contributed by atoms with Gasteiger partial charge in [-0.05, 0) is 44.8 Å². The van der Waals surface area contributed by atoms with Crippen molar-refractivity contribution >= 4 is 10.9 Å². The molecule has 18 heavy (non-hydrogen) atoms. The van der Waals surface area contributed by atoms with Gasteiger partial charge in [0, 0.05) is 23.0 Å². The summed E-state index contributed by atoms with van der Waals surface area (Å²) in [7, 11) is 5.64. The van der Waals surface area contributed by atoms with Crippen LogP contribution in [-0.2, 0) is 6.42 Å². The lowest BCUT2D eigenvalue weighted by molar-refractivity contribution is 0.413. The summed E-state index contributed by atoms with van der Waals surface area (Å²) in [4.78, 5) is 16.9. The molecule has 0 amide bonds. The highest BCUT2D eigenvalue weighted by Crippen LogP contribution is 2.18. The number of H-pyrrole nitrogens is 1. The quantitative estimate of drug-likeness (QED) is 0.892. The molecule has 1 N–H and O–H groups in total. The first-order chi connectivity index (χ1) is 8.60. The minimum absolute atomic E-state index is 0.00508. The second-order valence-electron chi connectivity index (χ2n) is 4.63. The van der Waals surface area contributed by atoms with E-state index < -0.39 is 0 Å². The van der Waals surface area contributed by atoms with Crippen LogP contribution in [0.4, 0.5) is 0 Å². The number of methoxy groups -OCH3 is 1. The molecule has 4 nitrogen and oxygen atoms in total. The van der Waals surface area contributed by atoms with E-state index in [4.69, 9.17) is 4.74 Å². The van der Waals surface area contributed by atoms with Crippen molar-refractivity contribution in [2.75, 3.05) is 27.7 Å². The average Bonchev–Trinajstić information content (AvgIpc) is 2.35. The maximum absolute atomic E-state index is 11.9. The standard InChI is InChI=1S/C14H18N2O2/c1-16(2)7-6-10-8-11-9-12(18-3)4-5-13(11)15-14(10)17/h4-5,8-9H,6-7H2,1-3H3,(H,15,17). The third-order valence-corrected chi connectivity index (χ3v) is 2.96. The summed E-state index contributed by atoms with van der Waals surface area (Å²) < 4.78 is 5.19. The van der Waals surface area contributed by atoms with Crippen LogP contribution in [0.2, 0.25) is 0 Å². The van der Waals surface area contributed by atoms with Gasteiger partial charge in [0.1, 0.15) is 5.75 Å². The van der Waals surface area contributed by atoms with Crippen LogP contribution in [0.5, 0.6) is 5.75 Å². The molecule has 2 aromatic rings. The zero-order valence-corrected chi connectivity index (χ0v) is 11.0. The number of nitrogens with zero attached hydrogens (tertiary/aromatic N) is 1. The largest absolute Gasteiger partial charge is 0.497 e. The number of hydrogen-bond acceptors (Lipinski definition) is 3. The lowest BCUT2D eigenvalue weighted by atomic mass is 10.1. The van der Waals surface area contributed by atoms with E-state index in [9.17, 15) is 4.79 Å². The van der Waals surface area contributed by atoms with E-state index in [1.165, 1.54) is 0 Å². The Balaban J connectivity index is 2.42. The maximum atomic E-state index is 11.9. The number of nitrogens with one attached hydrogen (secondary N) is 1. The van der Waals surface area contributed by atoms with Crippen LogP contribution in [0.3, 0.4) is 0 Å². The summed E-state index contributed by atoms with van der Waals surface area (Å²) in [6.07, 6.45) is 0.746. The molecule has 0 radical (unpaired) electrons. The minimum atomic E-state index is -0.00508. The summed E-state index contributed by atoms with van der Waals surface area (Å²) >= 11 is 0. The number of benzene rings is 1. The first-order valence-electron chi connectivity index (χ1n) is 5.95. The van der Waals surface area contributed by atoms with E-state index in [-0.39, 0.29) is 5.56 Å². The molecule has 1 aromatic carbocycles. The van der Waals surface area contributed by atoms with Gasteiger partial charge >= 0.3 is 0 Å². The van der Waals surface area contributed by atoms with Crippen molar-refractivity contribution in [2.24, 2.45) is 0 Å². The van der Waals surface area contributed by atoms with Crippen molar-refractivity contribution in [2.45, 2.75) is 6.42 Å². The molecule has 0 unspecified atom stereocenters. The molecule has 0 saturated carbocycles. The lowest BCUT2D eigenvalue weighted by Gasteiger charge is -2.09. The Labute approximate surface area is 106 Å². The Hall–Kier alpha value is -1.81. The first kappa shape index (κ1) is 12.6. The molecule has 96 valence electrons. The molecule has 0 saturated heterocycles. The van der Waals surface area contributed by atoms with E-state index in [1.807, 2.05) is 38.4 Å². The number of likely N-dealkylation sites (N-methyl/N-ethyl adjacent to an activating group) is 1. The van der Waals surface area contributed by atoms with E-state index in [2.05, 4.69) is 9.88 Å². The number of ether oxygens (including phenoxy) is 1. The van der Waals surface area contributed by atoms with Crippen LogP contribution in [0.1, 0.15) is 5.56 Å². The number of aromatic amines is 1. The van der Waals surface area contributed by atoms with Gasteiger partial charge in [-0.3, -0.25) is 4.79 Å². The normalized spacial score (nSPS) is 11.1. The molecule has 1 heterocycles. The molecule has 0 atom stereocenters. The molecule has 0 fully saturated rings. The molecular formula is C14H18N2O2. The lowest BCUT2D eigenvalue weighted by Crippen LogP contribution is -2.20. The van der Waals surface area contributed by atoms with Crippen LogP contribution in [0.15, 0.2) is 29.1 Å². The number of fused-ring (bicyclic) bond motifs is 1. The van der Waals surface area contributed by atoms with Crippen molar-refractivity contribution in [3.63, 3.8) is 0 Å². The van der Waals surface area contributed by atoms with Crippen LogP contribution < -0.4 is 10.3 Å². The van der Waals surface area contributed by atoms with Crippen molar-refractivity contribution in [1.29, 1.82) is 0 Å². The van der Waals surface area contributed by atoms with Crippen LogP contribution in [-0.4, -0.2) is 37.6 Å². The molecule has 0 spiro atoms. The Kier molecular flexibility index (Phi) is 3.67. The van der Waals surface area contributed by atoms with Crippen molar-refractivity contribution in [3.8, 4) is 5.75 Å². The Morgan fingerprint density at radius 3 is 2.72 bits per heavy atom. The van der Waals surface area contributed by atoms with Gasteiger partial charge in [-0.2, -0.15) is 0 Å². The van der Waals surface area contributed by atoms with Crippen LogP contribution in [0, 0.1) is 0 Å². The number of pyridine rings is 1. The van der Waals surface area contributed by atoms with Gasteiger partial charge < -0.3 is 14.6 Å². The summed E-state index contributed by atoms with van der Waals surface area (Å²) in [5.74, 6) is 0.799. The van der Waals surface area contributed by atoms with Gasteiger partial charge in [0.05, 0.1) is 7.11 Å². The monoisotopic (exact) mass is 246 g/mol. The third kappa shape index (κ3) is 2.71. The van der Waals surface area contributed by atoms with Crippen molar-refractivity contribution in [1.82, 2.24) is 9.88 Å². The Bertz CT molecular complexity index is 602. The zero-order valence-electron chi connectivity index (χ0n) is 11.0. The summed E-state index contributed by atoms with van der Waals surface area (Å²) in [6.45, 7) is 0.860. The smallest absolute Gasteiger partial charge is 0.251 e. The molecule has 4 heteroatoms. The fraction of sp³-hybridized carbons (Fsp3) is 0.357. The fourth-order valence-corrected chi connectivity index (χ4v) is 1.89. The number of rotatable bonds is 4. The zero-order chi connectivity index (χ0) is 13.1. The second-order valence-corrected chi connectivity index (χ2v) is 4.63. The number of aromatic nitrogens is 1. The highest BCUT2D eigenvalue weighted by atomic mass is 16.5. The average molecular weight is 246 g/mol. The van der Waals surface area contributed by atoms with E-state index in [1.54, 1.807) is 7.11 Å². The molecule has 0 aliphatic heterocycles. The topological polar surface area (TPSA) is 45.3 Å². The van der Waals surface area contributed by atoms with Crippen molar-refractivity contribution in [3.05, 3.63) is 40.2 Å².